The Balaban J connectivity index is 2.65. The maximum absolute atomic E-state index is 11.6. The number of hydrogen-bond donors (Lipinski definition) is 1. The first kappa shape index (κ1) is 11.7. The number of fused-ring (bicyclic) bond motifs is 1. The molecule has 0 saturated heterocycles. The van der Waals surface area contributed by atoms with Crippen LogP contribution in [-0.2, 0) is 4.74 Å². The van der Waals surface area contributed by atoms with Crippen LogP contribution in [-0.4, -0.2) is 27.2 Å². The van der Waals surface area contributed by atoms with Gasteiger partial charge in [-0.1, -0.05) is 11.6 Å². The van der Waals surface area contributed by atoms with E-state index < -0.39 is 5.97 Å². The van der Waals surface area contributed by atoms with Crippen molar-refractivity contribution in [1.82, 2.24) is 14.6 Å². The topological polar surface area (TPSA) is 82.5 Å². The van der Waals surface area contributed by atoms with Gasteiger partial charge in [-0.25, -0.2) is 9.78 Å². The highest BCUT2D eigenvalue weighted by Crippen LogP contribution is 2.22. The summed E-state index contributed by atoms with van der Waals surface area (Å²) < 4.78 is 6.26. The van der Waals surface area contributed by atoms with E-state index in [-0.39, 0.29) is 17.3 Å². The highest BCUT2D eigenvalue weighted by Gasteiger charge is 2.18. The molecular formula is C10H11ClN4O2. The molecule has 2 rings (SSSR count). The van der Waals surface area contributed by atoms with Crippen molar-refractivity contribution >= 4 is 29.0 Å². The van der Waals surface area contributed by atoms with Crippen LogP contribution in [0.1, 0.15) is 22.8 Å². The van der Waals surface area contributed by atoms with Crippen LogP contribution in [0.25, 0.3) is 5.65 Å². The van der Waals surface area contributed by atoms with Gasteiger partial charge in [-0.3, -0.25) is 0 Å². The van der Waals surface area contributed by atoms with Crippen LogP contribution in [0.15, 0.2) is 6.20 Å². The number of hydrogen-bond acceptors (Lipinski definition) is 5. The molecule has 0 aliphatic rings. The third-order valence-corrected chi connectivity index (χ3v) is 2.73. The number of anilines is 1. The maximum Gasteiger partial charge on any atom is 0.343 e. The molecule has 0 fully saturated rings. The summed E-state index contributed by atoms with van der Waals surface area (Å²) in [5, 5.41) is 4.24. The number of halogens is 1. The molecule has 0 aliphatic carbocycles. The van der Waals surface area contributed by atoms with Gasteiger partial charge in [0.15, 0.2) is 5.65 Å². The molecule has 0 amide bonds. The second-order valence-electron chi connectivity index (χ2n) is 3.43. The standard InChI is InChI=1S/C10H11ClN4O2/c1-3-17-10(16)6-4-13-15-8(12)5(2)7(11)14-9(6)15/h4H,3,12H2,1-2H3. The fourth-order valence-electron chi connectivity index (χ4n) is 1.42. The van der Waals surface area contributed by atoms with E-state index in [0.717, 1.165) is 0 Å². The highest BCUT2D eigenvalue weighted by atomic mass is 35.5. The van der Waals surface area contributed by atoms with Crippen molar-refractivity contribution in [2.45, 2.75) is 13.8 Å². The number of nitrogens with zero attached hydrogens (tertiary/aromatic N) is 3. The van der Waals surface area contributed by atoms with Crippen LogP contribution in [0.2, 0.25) is 5.15 Å². The Morgan fingerprint density at radius 1 is 1.65 bits per heavy atom. The molecular weight excluding hydrogens is 244 g/mol. The molecule has 0 aromatic carbocycles. The third kappa shape index (κ3) is 1.80. The molecule has 2 N–H and O–H groups in total. The molecule has 0 atom stereocenters. The smallest absolute Gasteiger partial charge is 0.343 e. The monoisotopic (exact) mass is 254 g/mol. The molecule has 0 unspecified atom stereocenters. The van der Waals surface area contributed by atoms with Gasteiger partial charge in [-0.05, 0) is 13.8 Å². The van der Waals surface area contributed by atoms with E-state index in [2.05, 4.69) is 10.1 Å². The molecule has 2 aromatic heterocycles. The van der Waals surface area contributed by atoms with Crippen molar-refractivity contribution in [1.29, 1.82) is 0 Å². The van der Waals surface area contributed by atoms with Crippen LogP contribution in [0.3, 0.4) is 0 Å². The molecule has 2 aromatic rings. The van der Waals surface area contributed by atoms with Crippen LogP contribution >= 0.6 is 11.6 Å². The van der Waals surface area contributed by atoms with Gasteiger partial charge in [0.05, 0.1) is 12.8 Å². The van der Waals surface area contributed by atoms with E-state index in [1.807, 2.05) is 0 Å². The first-order chi connectivity index (χ1) is 8.06. The van der Waals surface area contributed by atoms with Crippen molar-refractivity contribution in [3.8, 4) is 0 Å². The van der Waals surface area contributed by atoms with Gasteiger partial charge in [0.2, 0.25) is 0 Å². The minimum absolute atomic E-state index is 0.250. The summed E-state index contributed by atoms with van der Waals surface area (Å²) in [6.45, 7) is 3.74. The van der Waals surface area contributed by atoms with E-state index in [1.165, 1.54) is 10.7 Å². The second-order valence-corrected chi connectivity index (χ2v) is 3.78. The van der Waals surface area contributed by atoms with Crippen LogP contribution in [0.4, 0.5) is 5.82 Å². The van der Waals surface area contributed by atoms with Gasteiger partial charge in [-0.15, -0.1) is 0 Å². The number of carbonyl (C=O) groups is 1. The lowest BCUT2D eigenvalue weighted by atomic mass is 10.3. The number of aromatic nitrogens is 3. The van der Waals surface area contributed by atoms with Gasteiger partial charge in [-0.2, -0.15) is 9.61 Å². The zero-order valence-electron chi connectivity index (χ0n) is 9.40. The number of nitrogen functional groups attached to an aromatic ring is 1. The van der Waals surface area contributed by atoms with E-state index >= 15 is 0 Å². The molecule has 0 radical (unpaired) electrons. The first-order valence-corrected chi connectivity index (χ1v) is 5.40. The summed E-state index contributed by atoms with van der Waals surface area (Å²) in [5.74, 6) is -0.134. The van der Waals surface area contributed by atoms with Gasteiger partial charge in [0, 0.05) is 5.56 Å². The van der Waals surface area contributed by atoms with Crippen LogP contribution < -0.4 is 5.73 Å². The molecule has 0 saturated carbocycles. The summed E-state index contributed by atoms with van der Waals surface area (Å²) >= 11 is 5.92. The molecule has 7 heteroatoms. The van der Waals surface area contributed by atoms with Gasteiger partial charge >= 0.3 is 5.97 Å². The van der Waals surface area contributed by atoms with E-state index in [4.69, 9.17) is 22.1 Å². The van der Waals surface area contributed by atoms with E-state index in [0.29, 0.717) is 17.0 Å². The van der Waals surface area contributed by atoms with Crippen molar-refractivity contribution in [3.63, 3.8) is 0 Å². The number of esters is 1. The fourth-order valence-corrected chi connectivity index (χ4v) is 1.60. The number of ether oxygens (including phenoxy) is 1. The fraction of sp³-hybridized carbons (Fsp3) is 0.300. The summed E-state index contributed by atoms with van der Waals surface area (Å²) in [6, 6.07) is 0. The third-order valence-electron chi connectivity index (χ3n) is 2.37. The minimum Gasteiger partial charge on any atom is -0.462 e. The summed E-state index contributed by atoms with van der Waals surface area (Å²) in [7, 11) is 0. The van der Waals surface area contributed by atoms with E-state index in [1.54, 1.807) is 13.8 Å². The summed E-state index contributed by atoms with van der Waals surface area (Å²) in [6.07, 6.45) is 1.37. The Kier molecular flexibility index (Phi) is 2.89. The Morgan fingerprint density at radius 2 is 2.35 bits per heavy atom. The predicted molar refractivity (Wildman–Crippen MR) is 63.1 cm³/mol. The summed E-state index contributed by atoms with van der Waals surface area (Å²) in [4.78, 5) is 15.7. The summed E-state index contributed by atoms with van der Waals surface area (Å²) in [5.41, 5.74) is 7.01. The number of nitrogens with two attached hydrogens (primary N) is 1. The highest BCUT2D eigenvalue weighted by molar-refractivity contribution is 6.30. The van der Waals surface area contributed by atoms with Gasteiger partial charge in [0.1, 0.15) is 16.5 Å². The molecule has 17 heavy (non-hydrogen) atoms. The average molecular weight is 255 g/mol. The number of carbonyl (C=O) groups excluding carboxylic acids is 1. The van der Waals surface area contributed by atoms with Crippen molar-refractivity contribution in [2.75, 3.05) is 12.3 Å². The van der Waals surface area contributed by atoms with Crippen LogP contribution in [0, 0.1) is 6.92 Å². The zero-order chi connectivity index (χ0) is 12.6. The average Bonchev–Trinajstić information content (AvgIpc) is 2.70. The minimum atomic E-state index is -0.491. The second kappa shape index (κ2) is 4.21. The zero-order valence-corrected chi connectivity index (χ0v) is 10.2. The molecule has 0 spiro atoms. The lowest BCUT2D eigenvalue weighted by molar-refractivity contribution is 0.0528. The van der Waals surface area contributed by atoms with Crippen molar-refractivity contribution in [2.24, 2.45) is 0 Å². The predicted octanol–water partition coefficient (Wildman–Crippen LogP) is 1.45. The lowest BCUT2D eigenvalue weighted by Gasteiger charge is -2.05. The van der Waals surface area contributed by atoms with Crippen molar-refractivity contribution in [3.05, 3.63) is 22.5 Å². The maximum atomic E-state index is 11.6. The SMILES string of the molecule is CCOC(=O)c1cnn2c(N)c(C)c(Cl)nc12. The molecule has 2 heterocycles. The Morgan fingerprint density at radius 3 is 3.00 bits per heavy atom. The quantitative estimate of drug-likeness (QED) is 0.648. The Labute approximate surface area is 102 Å². The molecule has 0 bridgehead atoms. The van der Waals surface area contributed by atoms with Crippen LogP contribution in [0.5, 0.6) is 0 Å². The molecule has 0 aliphatic heterocycles. The van der Waals surface area contributed by atoms with Crippen molar-refractivity contribution < 1.29 is 9.53 Å². The largest absolute Gasteiger partial charge is 0.462 e. The molecule has 90 valence electrons. The van der Waals surface area contributed by atoms with Gasteiger partial charge < -0.3 is 10.5 Å². The van der Waals surface area contributed by atoms with Gasteiger partial charge in [0.25, 0.3) is 0 Å². The van der Waals surface area contributed by atoms with E-state index in [9.17, 15) is 4.79 Å². The molecule has 6 nitrogen and oxygen atoms in total. The first-order valence-electron chi connectivity index (χ1n) is 5.02. The Bertz CT molecular complexity index is 593. The Hall–Kier alpha value is -1.82. The number of rotatable bonds is 2. The lowest BCUT2D eigenvalue weighted by Crippen LogP contribution is -2.07. The normalized spacial score (nSPS) is 10.8.